The molecule has 14 heavy (non-hydrogen) atoms. The number of nitrogens with zero attached hydrogens (tertiary/aromatic N) is 3. The Kier molecular flexibility index (Phi) is 1.98. The molecule has 0 amide bonds. The zero-order valence-corrected chi connectivity index (χ0v) is 7.12. The maximum atomic E-state index is 9.50. The van der Waals surface area contributed by atoms with Crippen molar-refractivity contribution < 1.29 is 10.2 Å². The van der Waals surface area contributed by atoms with Crippen LogP contribution in [0.25, 0.3) is 11.4 Å². The molecule has 1 aromatic heterocycles. The molecule has 0 aliphatic rings. The van der Waals surface area contributed by atoms with Gasteiger partial charge in [0.2, 0.25) is 0 Å². The summed E-state index contributed by atoms with van der Waals surface area (Å²) < 4.78 is 0. The molecular formula is C9H7N3O2. The van der Waals surface area contributed by atoms with E-state index in [0.29, 0.717) is 11.4 Å². The Morgan fingerprint density at radius 1 is 1.00 bits per heavy atom. The quantitative estimate of drug-likeness (QED) is 0.653. The van der Waals surface area contributed by atoms with Crippen LogP contribution in [0.3, 0.4) is 0 Å². The maximum absolute atomic E-state index is 9.50. The van der Waals surface area contributed by atoms with Crippen molar-refractivity contribution in [3.05, 3.63) is 30.9 Å². The summed E-state index contributed by atoms with van der Waals surface area (Å²) in [5.74, 6) is -0.0880. The van der Waals surface area contributed by atoms with Gasteiger partial charge in [-0.3, -0.25) is 0 Å². The molecule has 2 N–H and O–H groups in total. The van der Waals surface area contributed by atoms with E-state index in [9.17, 15) is 10.2 Å². The van der Waals surface area contributed by atoms with Crippen LogP contribution in [-0.2, 0) is 0 Å². The number of hydrogen-bond acceptors (Lipinski definition) is 5. The Morgan fingerprint density at radius 2 is 1.71 bits per heavy atom. The third-order valence-corrected chi connectivity index (χ3v) is 1.75. The molecule has 1 aromatic carbocycles. The monoisotopic (exact) mass is 189 g/mol. The van der Waals surface area contributed by atoms with E-state index in [0.717, 1.165) is 0 Å². The number of aromatic hydroxyl groups is 2. The van der Waals surface area contributed by atoms with Gasteiger partial charge in [-0.05, 0) is 12.1 Å². The van der Waals surface area contributed by atoms with Gasteiger partial charge >= 0.3 is 0 Å². The van der Waals surface area contributed by atoms with Gasteiger partial charge in [0, 0.05) is 0 Å². The standard InChI is InChI=1S/C9H7N3O2/c13-7-3-1-2-6(8(7)14)9-11-4-10-5-12-9/h1-5,13-14H. The van der Waals surface area contributed by atoms with Crippen LogP contribution in [0.2, 0.25) is 0 Å². The van der Waals surface area contributed by atoms with E-state index >= 15 is 0 Å². The molecule has 70 valence electrons. The average molecular weight is 189 g/mol. The Hall–Kier alpha value is -2.17. The first-order valence-electron chi connectivity index (χ1n) is 3.92. The minimum Gasteiger partial charge on any atom is -0.504 e. The Labute approximate surface area is 79.7 Å². The second-order valence-corrected chi connectivity index (χ2v) is 2.64. The molecule has 0 radical (unpaired) electrons. The number of phenols is 2. The summed E-state index contributed by atoms with van der Waals surface area (Å²) in [4.78, 5) is 11.4. The highest BCUT2D eigenvalue weighted by Crippen LogP contribution is 2.33. The zero-order chi connectivity index (χ0) is 9.97. The van der Waals surface area contributed by atoms with Crippen molar-refractivity contribution in [2.75, 3.05) is 0 Å². The molecule has 0 aliphatic heterocycles. The van der Waals surface area contributed by atoms with E-state index in [1.54, 1.807) is 12.1 Å². The van der Waals surface area contributed by atoms with Crippen molar-refractivity contribution in [2.24, 2.45) is 0 Å². The molecule has 0 saturated carbocycles. The van der Waals surface area contributed by atoms with Crippen LogP contribution in [0, 0.1) is 0 Å². The smallest absolute Gasteiger partial charge is 0.168 e. The van der Waals surface area contributed by atoms with E-state index in [1.165, 1.54) is 18.7 Å². The normalized spacial score (nSPS) is 10.0. The van der Waals surface area contributed by atoms with Crippen LogP contribution in [0.15, 0.2) is 30.9 Å². The van der Waals surface area contributed by atoms with E-state index in [-0.39, 0.29) is 11.5 Å². The lowest BCUT2D eigenvalue weighted by molar-refractivity contribution is 0.405. The number of aromatic nitrogens is 3. The van der Waals surface area contributed by atoms with Gasteiger partial charge in [-0.1, -0.05) is 6.07 Å². The summed E-state index contributed by atoms with van der Waals surface area (Å²) >= 11 is 0. The largest absolute Gasteiger partial charge is 0.504 e. The van der Waals surface area contributed by atoms with E-state index in [1.807, 2.05) is 0 Å². The van der Waals surface area contributed by atoms with Gasteiger partial charge in [-0.25, -0.2) is 15.0 Å². The molecular weight excluding hydrogens is 182 g/mol. The summed E-state index contributed by atoms with van der Waals surface area (Å²) in [6.45, 7) is 0. The van der Waals surface area contributed by atoms with E-state index in [2.05, 4.69) is 15.0 Å². The number of benzene rings is 1. The first-order chi connectivity index (χ1) is 6.79. The Bertz CT molecular complexity index is 445. The fraction of sp³-hybridized carbons (Fsp3) is 0. The van der Waals surface area contributed by atoms with Crippen LogP contribution < -0.4 is 0 Å². The summed E-state index contributed by atoms with van der Waals surface area (Å²) in [6, 6.07) is 4.61. The summed E-state index contributed by atoms with van der Waals surface area (Å²) in [5, 5.41) is 18.7. The second-order valence-electron chi connectivity index (χ2n) is 2.64. The summed E-state index contributed by atoms with van der Waals surface area (Å²) in [5.41, 5.74) is 0.382. The van der Waals surface area contributed by atoms with Crippen molar-refractivity contribution in [1.82, 2.24) is 15.0 Å². The fourth-order valence-electron chi connectivity index (χ4n) is 1.09. The van der Waals surface area contributed by atoms with Gasteiger partial charge in [0.05, 0.1) is 5.56 Å². The van der Waals surface area contributed by atoms with Crippen molar-refractivity contribution in [2.45, 2.75) is 0 Å². The molecule has 5 heteroatoms. The molecule has 0 unspecified atom stereocenters. The molecule has 0 saturated heterocycles. The highest BCUT2D eigenvalue weighted by molar-refractivity contribution is 5.67. The molecule has 0 aliphatic carbocycles. The molecule has 5 nitrogen and oxygen atoms in total. The molecule has 2 aromatic rings. The Morgan fingerprint density at radius 3 is 2.43 bits per heavy atom. The molecule has 2 rings (SSSR count). The highest BCUT2D eigenvalue weighted by atomic mass is 16.3. The fourth-order valence-corrected chi connectivity index (χ4v) is 1.09. The minimum absolute atomic E-state index is 0.192. The SMILES string of the molecule is Oc1cccc(-c2ncncn2)c1O. The van der Waals surface area contributed by atoms with E-state index in [4.69, 9.17) is 0 Å². The van der Waals surface area contributed by atoms with Gasteiger partial charge in [-0.15, -0.1) is 0 Å². The van der Waals surface area contributed by atoms with E-state index < -0.39 is 0 Å². The first kappa shape index (κ1) is 8.43. The lowest BCUT2D eigenvalue weighted by Crippen LogP contribution is -1.89. The highest BCUT2D eigenvalue weighted by Gasteiger charge is 2.09. The Balaban J connectivity index is 2.58. The predicted molar refractivity (Wildman–Crippen MR) is 48.6 cm³/mol. The molecule has 0 spiro atoms. The molecule has 1 heterocycles. The zero-order valence-electron chi connectivity index (χ0n) is 7.12. The van der Waals surface area contributed by atoms with Gasteiger partial charge in [0.15, 0.2) is 17.3 Å². The van der Waals surface area contributed by atoms with Crippen LogP contribution >= 0.6 is 0 Å². The van der Waals surface area contributed by atoms with Crippen molar-refractivity contribution in [3.63, 3.8) is 0 Å². The lowest BCUT2D eigenvalue weighted by Gasteiger charge is -2.03. The summed E-state index contributed by atoms with van der Waals surface area (Å²) in [6.07, 6.45) is 2.65. The topological polar surface area (TPSA) is 79.1 Å². The van der Waals surface area contributed by atoms with Crippen LogP contribution in [0.4, 0.5) is 0 Å². The molecule has 0 atom stereocenters. The minimum atomic E-state index is -0.223. The number of hydrogen-bond donors (Lipinski definition) is 2. The lowest BCUT2D eigenvalue weighted by atomic mass is 10.2. The molecule has 0 fully saturated rings. The van der Waals surface area contributed by atoms with Crippen LogP contribution in [0.1, 0.15) is 0 Å². The number of phenolic OH excluding ortho intramolecular Hbond substituents is 2. The van der Waals surface area contributed by atoms with Crippen molar-refractivity contribution in [1.29, 1.82) is 0 Å². The number of para-hydroxylation sites is 1. The maximum Gasteiger partial charge on any atom is 0.168 e. The summed E-state index contributed by atoms with van der Waals surface area (Å²) in [7, 11) is 0. The van der Waals surface area contributed by atoms with Crippen molar-refractivity contribution in [3.8, 4) is 22.9 Å². The third kappa shape index (κ3) is 1.35. The second kappa shape index (κ2) is 3.29. The van der Waals surface area contributed by atoms with Gasteiger partial charge in [0.1, 0.15) is 12.7 Å². The van der Waals surface area contributed by atoms with Crippen LogP contribution in [-0.4, -0.2) is 25.2 Å². The molecule has 0 bridgehead atoms. The third-order valence-electron chi connectivity index (χ3n) is 1.75. The van der Waals surface area contributed by atoms with Crippen LogP contribution in [0.5, 0.6) is 11.5 Å². The first-order valence-corrected chi connectivity index (χ1v) is 3.92. The average Bonchev–Trinajstić information content (AvgIpc) is 2.23. The van der Waals surface area contributed by atoms with Gasteiger partial charge in [0.25, 0.3) is 0 Å². The van der Waals surface area contributed by atoms with Crippen molar-refractivity contribution >= 4 is 0 Å². The van der Waals surface area contributed by atoms with Gasteiger partial charge < -0.3 is 10.2 Å². The van der Waals surface area contributed by atoms with Gasteiger partial charge in [-0.2, -0.15) is 0 Å². The number of rotatable bonds is 1. The predicted octanol–water partition coefficient (Wildman–Crippen LogP) is 0.950.